The van der Waals surface area contributed by atoms with Crippen LogP contribution in [0.25, 0.3) is 11.3 Å². The third-order valence-corrected chi connectivity index (χ3v) is 2.61. The van der Waals surface area contributed by atoms with E-state index in [4.69, 9.17) is 9.84 Å². The lowest BCUT2D eigenvalue weighted by Crippen LogP contribution is -2.08. The molecular formula is C13H15N3O3. The number of nitrogens with zero attached hydrogens (tertiary/aromatic N) is 3. The van der Waals surface area contributed by atoms with E-state index >= 15 is 0 Å². The second kappa shape index (κ2) is 6.10. The highest BCUT2D eigenvalue weighted by Crippen LogP contribution is 2.16. The van der Waals surface area contributed by atoms with Crippen LogP contribution < -0.4 is 0 Å². The Morgan fingerprint density at radius 2 is 2.11 bits per heavy atom. The van der Waals surface area contributed by atoms with Crippen molar-refractivity contribution in [1.82, 2.24) is 15.0 Å². The SMILES string of the molecule is Cn1ncc(-c2ccc(CCOCC(=O)O)cc2)n1. The van der Waals surface area contributed by atoms with Crippen molar-refractivity contribution < 1.29 is 14.6 Å². The Morgan fingerprint density at radius 1 is 1.37 bits per heavy atom. The molecule has 1 aromatic carbocycles. The first-order valence-corrected chi connectivity index (χ1v) is 5.90. The quantitative estimate of drug-likeness (QED) is 0.789. The lowest BCUT2D eigenvalue weighted by Gasteiger charge is -2.03. The Labute approximate surface area is 110 Å². The fourth-order valence-corrected chi connectivity index (χ4v) is 1.67. The maximum absolute atomic E-state index is 10.3. The first-order valence-electron chi connectivity index (χ1n) is 5.90. The number of aromatic nitrogens is 3. The number of aliphatic carboxylic acids is 1. The molecule has 0 unspecified atom stereocenters. The molecule has 2 rings (SSSR count). The summed E-state index contributed by atoms with van der Waals surface area (Å²) < 4.78 is 4.99. The van der Waals surface area contributed by atoms with Gasteiger partial charge in [0.25, 0.3) is 0 Å². The summed E-state index contributed by atoms with van der Waals surface area (Å²) in [5.74, 6) is -0.946. The molecule has 0 amide bonds. The predicted octanol–water partition coefficient (Wildman–Crippen LogP) is 1.13. The predicted molar refractivity (Wildman–Crippen MR) is 68.6 cm³/mol. The zero-order valence-corrected chi connectivity index (χ0v) is 10.6. The second-order valence-corrected chi connectivity index (χ2v) is 4.11. The molecule has 6 nitrogen and oxygen atoms in total. The standard InChI is InChI=1S/C13H15N3O3/c1-16-14-8-12(15-16)11-4-2-10(3-5-11)6-7-19-9-13(17)18/h2-5,8H,6-7,9H2,1H3,(H,17,18). The summed E-state index contributed by atoms with van der Waals surface area (Å²) >= 11 is 0. The number of carboxylic acids is 1. The molecule has 0 fully saturated rings. The van der Waals surface area contributed by atoms with Gasteiger partial charge in [-0.2, -0.15) is 15.0 Å². The summed E-state index contributed by atoms with van der Waals surface area (Å²) in [5, 5.41) is 16.7. The van der Waals surface area contributed by atoms with E-state index < -0.39 is 5.97 Å². The van der Waals surface area contributed by atoms with Crippen LogP contribution in [0.1, 0.15) is 5.56 Å². The molecule has 19 heavy (non-hydrogen) atoms. The molecule has 0 atom stereocenters. The van der Waals surface area contributed by atoms with Crippen LogP contribution in [0, 0.1) is 0 Å². The zero-order valence-electron chi connectivity index (χ0n) is 10.6. The molecule has 1 aromatic heterocycles. The fourth-order valence-electron chi connectivity index (χ4n) is 1.67. The number of carboxylic acid groups (broad SMARTS) is 1. The van der Waals surface area contributed by atoms with E-state index in [9.17, 15) is 4.79 Å². The van der Waals surface area contributed by atoms with Crippen LogP contribution in [-0.2, 0) is 23.0 Å². The van der Waals surface area contributed by atoms with Gasteiger partial charge in [0.1, 0.15) is 12.3 Å². The third kappa shape index (κ3) is 3.89. The molecule has 0 aliphatic rings. The van der Waals surface area contributed by atoms with E-state index in [2.05, 4.69) is 10.2 Å². The van der Waals surface area contributed by atoms with Crippen molar-refractivity contribution >= 4 is 5.97 Å². The lowest BCUT2D eigenvalue weighted by molar-refractivity contribution is -0.142. The number of benzene rings is 1. The van der Waals surface area contributed by atoms with Gasteiger partial charge in [0, 0.05) is 12.6 Å². The van der Waals surface area contributed by atoms with Crippen LogP contribution >= 0.6 is 0 Å². The molecule has 0 radical (unpaired) electrons. The number of rotatable bonds is 6. The molecule has 0 aliphatic heterocycles. The highest BCUT2D eigenvalue weighted by atomic mass is 16.5. The number of carbonyl (C=O) groups is 1. The summed E-state index contributed by atoms with van der Waals surface area (Å²) in [5.41, 5.74) is 2.93. The van der Waals surface area contributed by atoms with Crippen molar-refractivity contribution in [2.24, 2.45) is 7.05 Å². The zero-order chi connectivity index (χ0) is 13.7. The number of aryl methyl sites for hydroxylation is 1. The monoisotopic (exact) mass is 261 g/mol. The van der Waals surface area contributed by atoms with Crippen LogP contribution in [0.5, 0.6) is 0 Å². The normalized spacial score (nSPS) is 10.6. The maximum atomic E-state index is 10.3. The number of hydrogen-bond acceptors (Lipinski definition) is 4. The van der Waals surface area contributed by atoms with Crippen LogP contribution in [0.15, 0.2) is 30.5 Å². The van der Waals surface area contributed by atoms with Gasteiger partial charge in [-0.3, -0.25) is 0 Å². The third-order valence-electron chi connectivity index (χ3n) is 2.61. The van der Waals surface area contributed by atoms with Crippen LogP contribution in [0.3, 0.4) is 0 Å². The minimum Gasteiger partial charge on any atom is -0.480 e. The summed E-state index contributed by atoms with van der Waals surface area (Å²) in [6.07, 6.45) is 2.40. The van der Waals surface area contributed by atoms with Crippen molar-refractivity contribution in [2.45, 2.75) is 6.42 Å². The highest BCUT2D eigenvalue weighted by molar-refractivity contribution is 5.68. The fraction of sp³-hybridized carbons (Fsp3) is 0.308. The van der Waals surface area contributed by atoms with Gasteiger partial charge in [-0.15, -0.1) is 0 Å². The van der Waals surface area contributed by atoms with E-state index in [1.165, 1.54) is 4.80 Å². The molecule has 0 saturated heterocycles. The average Bonchev–Trinajstić information content (AvgIpc) is 2.82. The molecule has 2 aromatic rings. The van der Waals surface area contributed by atoms with E-state index in [0.717, 1.165) is 16.8 Å². The molecule has 0 bridgehead atoms. The van der Waals surface area contributed by atoms with E-state index in [-0.39, 0.29) is 6.61 Å². The van der Waals surface area contributed by atoms with Gasteiger partial charge in [0.05, 0.1) is 12.8 Å². The van der Waals surface area contributed by atoms with Gasteiger partial charge in [0.2, 0.25) is 0 Å². The van der Waals surface area contributed by atoms with Gasteiger partial charge < -0.3 is 9.84 Å². The summed E-state index contributed by atoms with van der Waals surface area (Å²) in [6, 6.07) is 7.90. The highest BCUT2D eigenvalue weighted by Gasteiger charge is 2.02. The molecule has 0 saturated carbocycles. The number of ether oxygens (including phenoxy) is 1. The van der Waals surface area contributed by atoms with Crippen LogP contribution in [-0.4, -0.2) is 39.3 Å². The summed E-state index contributed by atoms with van der Waals surface area (Å²) in [4.78, 5) is 11.8. The van der Waals surface area contributed by atoms with Gasteiger partial charge >= 0.3 is 5.97 Å². The van der Waals surface area contributed by atoms with E-state index in [0.29, 0.717) is 13.0 Å². The smallest absolute Gasteiger partial charge is 0.329 e. The molecular weight excluding hydrogens is 246 g/mol. The van der Waals surface area contributed by atoms with Crippen molar-refractivity contribution in [3.63, 3.8) is 0 Å². The molecule has 100 valence electrons. The molecule has 1 heterocycles. The van der Waals surface area contributed by atoms with Gasteiger partial charge in [0.15, 0.2) is 0 Å². The minimum absolute atomic E-state index is 0.252. The largest absolute Gasteiger partial charge is 0.480 e. The topological polar surface area (TPSA) is 77.2 Å². The molecule has 1 N–H and O–H groups in total. The Hall–Kier alpha value is -2.21. The number of hydrogen-bond donors (Lipinski definition) is 1. The second-order valence-electron chi connectivity index (χ2n) is 4.11. The lowest BCUT2D eigenvalue weighted by atomic mass is 10.1. The van der Waals surface area contributed by atoms with Gasteiger partial charge in [-0.25, -0.2) is 4.79 Å². The molecule has 0 spiro atoms. The first-order chi connectivity index (χ1) is 9.15. The van der Waals surface area contributed by atoms with E-state index in [1.807, 2.05) is 24.3 Å². The summed E-state index contributed by atoms with van der Waals surface area (Å²) in [7, 11) is 1.78. The van der Waals surface area contributed by atoms with Gasteiger partial charge in [-0.05, 0) is 12.0 Å². The molecule has 6 heteroatoms. The first kappa shape index (κ1) is 13.2. The van der Waals surface area contributed by atoms with Gasteiger partial charge in [-0.1, -0.05) is 24.3 Å². The van der Waals surface area contributed by atoms with Crippen molar-refractivity contribution in [3.8, 4) is 11.3 Å². The molecule has 0 aliphatic carbocycles. The van der Waals surface area contributed by atoms with E-state index in [1.54, 1.807) is 13.2 Å². The minimum atomic E-state index is -0.946. The van der Waals surface area contributed by atoms with Crippen LogP contribution in [0.2, 0.25) is 0 Å². The Morgan fingerprint density at radius 3 is 2.68 bits per heavy atom. The van der Waals surface area contributed by atoms with Crippen molar-refractivity contribution in [1.29, 1.82) is 0 Å². The maximum Gasteiger partial charge on any atom is 0.329 e. The van der Waals surface area contributed by atoms with Crippen molar-refractivity contribution in [2.75, 3.05) is 13.2 Å². The Kier molecular flexibility index (Phi) is 4.25. The average molecular weight is 261 g/mol. The van der Waals surface area contributed by atoms with Crippen LogP contribution in [0.4, 0.5) is 0 Å². The Bertz CT molecular complexity index is 549. The van der Waals surface area contributed by atoms with Crippen molar-refractivity contribution in [3.05, 3.63) is 36.0 Å². The summed E-state index contributed by atoms with van der Waals surface area (Å²) in [6.45, 7) is 0.147. The Balaban J connectivity index is 1.90.